The maximum atomic E-state index is 10.7. The zero-order valence-corrected chi connectivity index (χ0v) is 10.6. The van der Waals surface area contributed by atoms with Crippen molar-refractivity contribution in [2.45, 2.75) is 31.3 Å². The van der Waals surface area contributed by atoms with E-state index in [1.54, 1.807) is 0 Å². The van der Waals surface area contributed by atoms with Crippen LogP contribution in [0.1, 0.15) is 6.92 Å². The fourth-order valence-corrected chi connectivity index (χ4v) is 1.43. The maximum absolute atomic E-state index is 10.7. The summed E-state index contributed by atoms with van der Waals surface area (Å²) in [6, 6.07) is -1.50. The molecule has 0 aromatic rings. The van der Waals surface area contributed by atoms with Crippen LogP contribution < -0.4 is 5.32 Å². The van der Waals surface area contributed by atoms with Gasteiger partial charge in [0, 0.05) is 6.92 Å². The lowest BCUT2D eigenvalue weighted by molar-refractivity contribution is -0.129. The van der Waals surface area contributed by atoms with Gasteiger partial charge in [-0.1, -0.05) is 0 Å². The molecule has 0 spiro atoms. The molecule has 19 heavy (non-hydrogen) atoms. The highest BCUT2D eigenvalue weighted by atomic mass is 32.3. The summed E-state index contributed by atoms with van der Waals surface area (Å²) in [5.74, 6) is -0.663. The van der Waals surface area contributed by atoms with E-state index in [0.717, 1.165) is 6.92 Å². The number of carbonyl (C=O) groups excluding carboxylic acids is 2. The van der Waals surface area contributed by atoms with E-state index in [1.165, 1.54) is 0 Å². The molecule has 0 aromatic carbocycles. The van der Waals surface area contributed by atoms with Crippen LogP contribution in [0.5, 0.6) is 0 Å². The summed E-state index contributed by atoms with van der Waals surface area (Å²) in [6.45, 7) is 0.0401. The molecule has 0 rings (SSSR count). The van der Waals surface area contributed by atoms with Gasteiger partial charge in [0.15, 0.2) is 0 Å². The first-order valence-electron chi connectivity index (χ1n) is 5.36. The molecule has 0 fully saturated rings. The van der Waals surface area contributed by atoms with E-state index >= 15 is 0 Å². The number of aliphatic hydroxyl groups excluding tert-OH is 3. The third kappa shape index (κ3) is 7.15. The fourth-order valence-electron chi connectivity index (χ4n) is 1.13. The molecule has 0 heterocycles. The molecule has 0 aromatic heterocycles. The van der Waals surface area contributed by atoms with E-state index in [2.05, 4.69) is 8.74 Å². The molecule has 1 amide bonds. The van der Waals surface area contributed by atoms with Crippen molar-refractivity contribution in [3.05, 3.63) is 0 Å². The first-order chi connectivity index (χ1) is 9.14. The zero-order valence-electron chi connectivity index (χ0n) is 10.8. The summed E-state index contributed by atoms with van der Waals surface area (Å²) < 4.78 is 34.5. The van der Waals surface area contributed by atoms with Crippen LogP contribution in [0.4, 0.5) is 0 Å². The van der Waals surface area contributed by atoms with E-state index in [9.17, 15) is 33.3 Å². The Morgan fingerprint density at radius 3 is 2.42 bits per heavy atom. The summed E-state index contributed by atoms with van der Waals surface area (Å²) in [4.78, 5) is 21.4. The highest BCUT2D eigenvalue weighted by Crippen LogP contribution is 2.06. The highest BCUT2D eigenvalue weighted by Gasteiger charge is 2.32. The second-order valence-electron chi connectivity index (χ2n) is 3.60. The molecule has 0 aliphatic heterocycles. The predicted molar refractivity (Wildman–Crippen MR) is 59.2 cm³/mol. The van der Waals surface area contributed by atoms with Gasteiger partial charge in [0.2, 0.25) is 7.34 Å². The van der Waals surface area contributed by atoms with Crippen molar-refractivity contribution in [1.29, 1.82) is 1.43 Å². The molecule has 11 heteroatoms. The Bertz CT molecular complexity index is 428. The van der Waals surface area contributed by atoms with E-state index in [4.69, 9.17) is 1.43 Å². The second kappa shape index (κ2) is 7.47. The summed E-state index contributed by atoms with van der Waals surface area (Å²) >= 11 is 0. The molecule has 112 valence electrons. The third-order valence-corrected chi connectivity index (χ3v) is 2.44. The predicted octanol–water partition coefficient (Wildman–Crippen LogP) is -3.41. The van der Waals surface area contributed by atoms with E-state index in [1.807, 2.05) is 5.32 Å². The van der Waals surface area contributed by atoms with Crippen LogP contribution in [0.25, 0.3) is 1.43 Å². The van der Waals surface area contributed by atoms with Gasteiger partial charge in [0.05, 0.1) is 6.61 Å². The first-order valence-corrected chi connectivity index (χ1v) is 6.28. The van der Waals surface area contributed by atoms with Crippen molar-refractivity contribution < 1.29 is 42.1 Å². The molecule has 0 aliphatic rings. The molecule has 5 N–H and O–H groups in total. The van der Waals surface area contributed by atoms with Gasteiger partial charge in [0.25, 0.3) is 0 Å². The van der Waals surface area contributed by atoms with Gasteiger partial charge in [-0.25, -0.2) is 4.18 Å². The molecule has 0 bridgehead atoms. The van der Waals surface area contributed by atoms with Crippen LogP contribution in [0.15, 0.2) is 0 Å². The molecular formula is C8H15NO9S. The number of amides is 1. The minimum atomic E-state index is -4.64. The van der Waals surface area contributed by atoms with Crippen molar-refractivity contribution in [3.63, 3.8) is 0 Å². The summed E-state index contributed by atoms with van der Waals surface area (Å²) in [7, 11) is -4.64. The van der Waals surface area contributed by atoms with Crippen LogP contribution >= 0.6 is 0 Å². The van der Waals surface area contributed by atoms with Crippen LogP contribution in [0, 0.1) is 0 Å². The zero-order chi connectivity index (χ0) is 15.9. The van der Waals surface area contributed by atoms with Gasteiger partial charge in [-0.3, -0.25) is 9.35 Å². The number of hydrogen-bond acceptors (Lipinski definition) is 9. The Morgan fingerprint density at radius 1 is 1.42 bits per heavy atom. The highest BCUT2D eigenvalue weighted by molar-refractivity contribution is 7.80. The Kier molecular flexibility index (Phi) is 6.27. The Morgan fingerprint density at radius 2 is 2.00 bits per heavy atom. The molecule has 10 nitrogen and oxygen atoms in total. The van der Waals surface area contributed by atoms with Gasteiger partial charge in [-0.15, -0.1) is 0 Å². The van der Waals surface area contributed by atoms with Gasteiger partial charge in [0.1, 0.15) is 30.6 Å². The molecular weight excluding hydrogens is 286 g/mol. The minimum Gasteiger partial charge on any atom is -0.388 e. The standard InChI is InChI=1S/C8H15NO9S/c1-4(11)9-5(2-10)7(13)8(14)6(12)3-18-19(15,16)17/h2,5-8,12-14H,3H2,1H3,(H,9,11)(H,15,16,17)/t5-,6+,7+,8-/m0/s1/i/hD. The molecule has 0 aliphatic carbocycles. The summed E-state index contributed by atoms with van der Waals surface area (Å²) in [5.41, 5.74) is 0. The van der Waals surface area contributed by atoms with Crippen LogP contribution in [-0.2, 0) is 24.2 Å². The average Bonchev–Trinajstić information content (AvgIpc) is 2.40. The van der Waals surface area contributed by atoms with Crippen LogP contribution in [0.2, 0.25) is 0 Å². The van der Waals surface area contributed by atoms with Crippen LogP contribution in [0.3, 0.4) is 0 Å². The number of aliphatic hydroxyl groups is 3. The van der Waals surface area contributed by atoms with E-state index in [0.29, 0.717) is 0 Å². The number of aldehydes is 1. The number of hydrogen-bond donors (Lipinski definition) is 5. The third-order valence-electron chi connectivity index (χ3n) is 2.01. The fraction of sp³-hybridized carbons (Fsp3) is 0.750. The molecule has 0 saturated carbocycles. The smallest absolute Gasteiger partial charge is 0.388 e. The average molecular weight is 302 g/mol. The van der Waals surface area contributed by atoms with Crippen LogP contribution in [-0.4, -0.2) is 71.4 Å². The number of rotatable bonds is 9. The monoisotopic (exact) mass is 302 g/mol. The van der Waals surface area contributed by atoms with Crippen molar-refractivity contribution in [1.82, 2.24) is 5.32 Å². The molecule has 0 unspecified atom stereocenters. The lowest BCUT2D eigenvalue weighted by Gasteiger charge is -2.26. The SMILES string of the molecule is [2H]OS(=O)(=O)OC[C@@H](O)[C@H](O)[C@H](O)[C@H](C=O)NC(C)=O. The van der Waals surface area contributed by atoms with Crippen molar-refractivity contribution in [3.8, 4) is 0 Å². The van der Waals surface area contributed by atoms with E-state index < -0.39 is 47.3 Å². The normalized spacial score (nSPS) is 18.8. The van der Waals surface area contributed by atoms with Gasteiger partial charge >= 0.3 is 10.4 Å². The largest absolute Gasteiger partial charge is 0.397 e. The Balaban J connectivity index is 4.58. The molecule has 4 atom stereocenters. The maximum Gasteiger partial charge on any atom is 0.397 e. The van der Waals surface area contributed by atoms with Gasteiger partial charge in [-0.2, -0.15) is 8.42 Å². The topological polar surface area (TPSA) is 170 Å². The van der Waals surface area contributed by atoms with E-state index in [-0.39, 0.29) is 6.29 Å². The lowest BCUT2D eigenvalue weighted by Crippen LogP contribution is -2.53. The van der Waals surface area contributed by atoms with Gasteiger partial charge in [-0.05, 0) is 0 Å². The Labute approximate surface area is 110 Å². The van der Waals surface area contributed by atoms with Crippen molar-refractivity contribution in [2.75, 3.05) is 6.61 Å². The number of nitrogens with one attached hydrogen (secondary N) is 1. The Hall–Kier alpha value is -1.11. The summed E-state index contributed by atoms with van der Waals surface area (Å²) in [5, 5.41) is 30.4. The lowest BCUT2D eigenvalue weighted by atomic mass is 10.0. The quantitative estimate of drug-likeness (QED) is 0.215. The molecule has 0 saturated heterocycles. The van der Waals surface area contributed by atoms with Crippen molar-refractivity contribution in [2.24, 2.45) is 0 Å². The first kappa shape index (κ1) is 15.9. The summed E-state index contributed by atoms with van der Waals surface area (Å²) in [6.07, 6.45) is -5.66. The minimum absolute atomic E-state index is 0.131. The second-order valence-corrected chi connectivity index (χ2v) is 4.66. The van der Waals surface area contributed by atoms with Gasteiger partial charge < -0.3 is 25.4 Å². The molecule has 0 radical (unpaired) electrons. The van der Waals surface area contributed by atoms with Crippen molar-refractivity contribution >= 4 is 22.6 Å². The number of carbonyl (C=O) groups is 2.